The molecule has 0 saturated heterocycles. The number of pyridine rings is 1. The van der Waals surface area contributed by atoms with E-state index in [2.05, 4.69) is 26.2 Å². The molecule has 1 N–H and O–H groups in total. The minimum atomic E-state index is -0.484. The molecule has 4 rings (SSSR count). The number of aryl methyl sites for hydroxylation is 1. The molecule has 28 heavy (non-hydrogen) atoms. The van der Waals surface area contributed by atoms with Crippen molar-refractivity contribution in [1.82, 2.24) is 4.98 Å². The van der Waals surface area contributed by atoms with E-state index in [9.17, 15) is 4.79 Å². The first-order valence-corrected chi connectivity index (χ1v) is 10.3. The smallest absolute Gasteiger partial charge is 0.412 e. The number of nitrogens with zero attached hydrogens (tertiary/aromatic N) is 1. The van der Waals surface area contributed by atoms with Gasteiger partial charge >= 0.3 is 6.09 Å². The molecule has 6 heteroatoms. The lowest BCUT2D eigenvalue weighted by Crippen LogP contribution is -2.13. The fourth-order valence-electron chi connectivity index (χ4n) is 2.86. The molecule has 0 aliphatic carbocycles. The first-order valence-electron chi connectivity index (χ1n) is 8.74. The predicted molar refractivity (Wildman–Crippen MR) is 118 cm³/mol. The summed E-state index contributed by atoms with van der Waals surface area (Å²) in [6.07, 6.45) is -0.484. The zero-order chi connectivity index (χ0) is 19.5. The third kappa shape index (κ3) is 4.08. The van der Waals surface area contributed by atoms with Crippen molar-refractivity contribution < 1.29 is 9.53 Å². The number of aromatic nitrogens is 1. The number of benzene rings is 2. The minimum absolute atomic E-state index is 0.222. The molecular weight excluding hydrogens is 436 g/mol. The Labute approximate surface area is 175 Å². The van der Waals surface area contributed by atoms with E-state index in [1.54, 1.807) is 11.3 Å². The summed E-state index contributed by atoms with van der Waals surface area (Å²) in [6, 6.07) is 21.5. The van der Waals surface area contributed by atoms with Crippen molar-refractivity contribution in [1.29, 1.82) is 0 Å². The lowest BCUT2D eigenvalue weighted by Gasteiger charge is -2.09. The number of halogens is 1. The number of hydrogen-bond acceptors (Lipinski definition) is 4. The quantitative estimate of drug-likeness (QED) is 0.371. The largest absolute Gasteiger partial charge is 0.444 e. The van der Waals surface area contributed by atoms with Gasteiger partial charge in [-0.3, -0.25) is 5.32 Å². The zero-order valence-corrected chi connectivity index (χ0v) is 17.5. The third-order valence-electron chi connectivity index (χ3n) is 4.24. The summed E-state index contributed by atoms with van der Waals surface area (Å²) in [5.41, 5.74) is 3.63. The number of rotatable bonds is 4. The number of fused-ring (bicyclic) bond motifs is 1. The summed E-state index contributed by atoms with van der Waals surface area (Å²) >= 11 is 5.02. The maximum Gasteiger partial charge on any atom is 0.412 e. The molecule has 2 heterocycles. The number of thiophene rings is 1. The summed E-state index contributed by atoms with van der Waals surface area (Å²) < 4.78 is 6.41. The molecule has 0 unspecified atom stereocenters. The summed E-state index contributed by atoms with van der Waals surface area (Å²) in [5.74, 6) is 0. The lowest BCUT2D eigenvalue weighted by atomic mass is 10.1. The lowest BCUT2D eigenvalue weighted by molar-refractivity contribution is 0.155. The summed E-state index contributed by atoms with van der Waals surface area (Å²) in [6.45, 7) is 2.18. The van der Waals surface area contributed by atoms with Gasteiger partial charge in [-0.05, 0) is 42.3 Å². The van der Waals surface area contributed by atoms with Crippen LogP contribution in [0.4, 0.5) is 10.5 Å². The standard InChI is InChI=1S/C22H17BrN2O2S/c1-14-7-12-18-19(25-22(26)27-13-15-5-3-2-4-6-15)20(28-21(18)24-14)16-8-10-17(23)11-9-16/h2-12H,13H2,1H3,(H,25,26). The number of anilines is 1. The van der Waals surface area contributed by atoms with Crippen LogP contribution < -0.4 is 5.32 Å². The van der Waals surface area contributed by atoms with E-state index in [0.29, 0.717) is 0 Å². The van der Waals surface area contributed by atoms with Crippen LogP contribution in [0.15, 0.2) is 71.2 Å². The number of nitrogens with one attached hydrogen (secondary N) is 1. The van der Waals surface area contributed by atoms with Gasteiger partial charge in [0.25, 0.3) is 0 Å². The number of carbonyl (C=O) groups is 1. The Morgan fingerprint density at radius 1 is 1.07 bits per heavy atom. The molecule has 2 aromatic heterocycles. The van der Waals surface area contributed by atoms with Gasteiger partial charge in [0.15, 0.2) is 0 Å². The zero-order valence-electron chi connectivity index (χ0n) is 15.1. The minimum Gasteiger partial charge on any atom is -0.444 e. The fraction of sp³-hybridized carbons (Fsp3) is 0.0909. The number of hydrogen-bond donors (Lipinski definition) is 1. The Morgan fingerprint density at radius 3 is 2.57 bits per heavy atom. The molecule has 2 aromatic carbocycles. The SMILES string of the molecule is Cc1ccc2c(NC(=O)OCc3ccccc3)c(-c3ccc(Br)cc3)sc2n1. The molecule has 0 spiro atoms. The summed E-state index contributed by atoms with van der Waals surface area (Å²) in [5, 5.41) is 3.84. The Hall–Kier alpha value is -2.70. The molecule has 0 atom stereocenters. The number of ether oxygens (including phenoxy) is 1. The third-order valence-corrected chi connectivity index (χ3v) is 5.92. The molecule has 0 radical (unpaired) electrons. The molecule has 0 aliphatic rings. The highest BCUT2D eigenvalue weighted by Crippen LogP contribution is 2.42. The van der Waals surface area contributed by atoms with Gasteiger partial charge in [-0.1, -0.05) is 58.4 Å². The average Bonchev–Trinajstić information content (AvgIpc) is 3.05. The maximum absolute atomic E-state index is 12.5. The fourth-order valence-corrected chi connectivity index (χ4v) is 4.31. The van der Waals surface area contributed by atoms with E-state index in [4.69, 9.17) is 4.74 Å². The van der Waals surface area contributed by atoms with Crippen LogP contribution in [0.1, 0.15) is 11.3 Å². The normalized spacial score (nSPS) is 10.8. The molecule has 4 aromatic rings. The van der Waals surface area contributed by atoms with Gasteiger partial charge in [-0.15, -0.1) is 11.3 Å². The van der Waals surface area contributed by atoms with Crippen molar-refractivity contribution in [2.45, 2.75) is 13.5 Å². The Bertz CT molecular complexity index is 1120. The second-order valence-electron chi connectivity index (χ2n) is 6.31. The summed E-state index contributed by atoms with van der Waals surface area (Å²) in [4.78, 5) is 18.9. The molecule has 0 aliphatic heterocycles. The Kier molecular flexibility index (Phi) is 5.41. The van der Waals surface area contributed by atoms with Gasteiger partial charge in [-0.25, -0.2) is 9.78 Å². The van der Waals surface area contributed by atoms with E-state index >= 15 is 0 Å². The Morgan fingerprint density at radius 2 is 1.82 bits per heavy atom. The van der Waals surface area contributed by atoms with Crippen molar-refractivity contribution in [3.63, 3.8) is 0 Å². The van der Waals surface area contributed by atoms with Crippen molar-refractivity contribution in [2.75, 3.05) is 5.32 Å². The molecular formula is C22H17BrN2O2S. The van der Waals surface area contributed by atoms with Crippen LogP contribution in [-0.2, 0) is 11.3 Å². The van der Waals surface area contributed by atoms with Gasteiger partial charge in [0, 0.05) is 15.6 Å². The van der Waals surface area contributed by atoms with Crippen molar-refractivity contribution >= 4 is 49.3 Å². The van der Waals surface area contributed by atoms with Crippen LogP contribution in [0.25, 0.3) is 20.7 Å². The van der Waals surface area contributed by atoms with Crippen molar-refractivity contribution in [3.8, 4) is 10.4 Å². The van der Waals surface area contributed by atoms with Gasteiger partial charge < -0.3 is 4.74 Å². The average molecular weight is 453 g/mol. The highest BCUT2D eigenvalue weighted by atomic mass is 79.9. The van der Waals surface area contributed by atoms with Crippen LogP contribution in [0.5, 0.6) is 0 Å². The topological polar surface area (TPSA) is 51.2 Å². The van der Waals surface area contributed by atoms with Crippen molar-refractivity contribution in [3.05, 3.63) is 82.5 Å². The van der Waals surface area contributed by atoms with Crippen molar-refractivity contribution in [2.24, 2.45) is 0 Å². The molecule has 0 bridgehead atoms. The van der Waals surface area contributed by atoms with Gasteiger partial charge in [0.1, 0.15) is 11.4 Å². The van der Waals surface area contributed by atoms with E-state index < -0.39 is 6.09 Å². The van der Waals surface area contributed by atoms with E-state index in [1.807, 2.05) is 73.7 Å². The van der Waals surface area contributed by atoms with E-state index in [1.165, 1.54) is 0 Å². The monoisotopic (exact) mass is 452 g/mol. The maximum atomic E-state index is 12.5. The highest BCUT2D eigenvalue weighted by Gasteiger charge is 2.18. The van der Waals surface area contributed by atoms with Gasteiger partial charge in [0.2, 0.25) is 0 Å². The van der Waals surface area contributed by atoms with Gasteiger partial charge in [0.05, 0.1) is 10.6 Å². The van der Waals surface area contributed by atoms with Crippen LogP contribution in [0.3, 0.4) is 0 Å². The number of carbonyl (C=O) groups excluding carboxylic acids is 1. The van der Waals surface area contributed by atoms with E-state index in [0.717, 1.165) is 42.1 Å². The predicted octanol–water partition coefficient (Wildman–Crippen LogP) is 6.78. The number of amides is 1. The van der Waals surface area contributed by atoms with Gasteiger partial charge in [-0.2, -0.15) is 0 Å². The first-order chi connectivity index (χ1) is 13.6. The Balaban J connectivity index is 1.65. The first kappa shape index (κ1) is 18.7. The molecule has 1 amide bonds. The van der Waals surface area contributed by atoms with E-state index in [-0.39, 0.29) is 6.61 Å². The molecule has 4 nitrogen and oxygen atoms in total. The molecule has 0 fully saturated rings. The highest BCUT2D eigenvalue weighted by molar-refractivity contribution is 9.10. The van der Waals surface area contributed by atoms with Crippen LogP contribution >= 0.6 is 27.3 Å². The second kappa shape index (κ2) is 8.12. The summed E-state index contributed by atoms with van der Waals surface area (Å²) in [7, 11) is 0. The van der Waals surface area contributed by atoms with Crippen LogP contribution in [-0.4, -0.2) is 11.1 Å². The second-order valence-corrected chi connectivity index (χ2v) is 8.22. The molecule has 140 valence electrons. The molecule has 0 saturated carbocycles. The van der Waals surface area contributed by atoms with Crippen LogP contribution in [0, 0.1) is 6.92 Å². The van der Waals surface area contributed by atoms with Crippen LogP contribution in [0.2, 0.25) is 0 Å².